The summed E-state index contributed by atoms with van der Waals surface area (Å²) < 4.78 is 6.69. The van der Waals surface area contributed by atoms with Gasteiger partial charge >= 0.3 is 0 Å². The quantitative estimate of drug-likeness (QED) is 0.675. The van der Waals surface area contributed by atoms with Crippen molar-refractivity contribution in [3.05, 3.63) is 28.7 Å². The van der Waals surface area contributed by atoms with Gasteiger partial charge in [-0.15, -0.1) is 0 Å². The first kappa shape index (κ1) is 18.3. The summed E-state index contributed by atoms with van der Waals surface area (Å²) in [6, 6.07) is 7.76. The lowest BCUT2D eigenvalue weighted by molar-refractivity contribution is -0.171. The Hall–Kier alpha value is -1.45. The molecule has 1 saturated heterocycles. The fourth-order valence-corrected chi connectivity index (χ4v) is 4.36. The van der Waals surface area contributed by atoms with Crippen LogP contribution in [0.5, 0.6) is 5.75 Å². The smallest absolute Gasteiger partial charge is 0.226 e. The first-order valence-corrected chi connectivity index (χ1v) is 10.1. The van der Waals surface area contributed by atoms with Gasteiger partial charge in [0.05, 0.1) is 17.7 Å². The molecule has 0 aliphatic carbocycles. The van der Waals surface area contributed by atoms with E-state index in [9.17, 15) is 0 Å². The Labute approximate surface area is 159 Å². The summed E-state index contributed by atoms with van der Waals surface area (Å²) in [5, 5.41) is 1.64. The fourth-order valence-electron chi connectivity index (χ4n) is 2.82. The number of aliphatic imine (C=N–C) groups is 2. The van der Waals surface area contributed by atoms with Crippen molar-refractivity contribution in [2.24, 2.45) is 21.5 Å². The second kappa shape index (κ2) is 8.29. The lowest BCUT2D eigenvalue weighted by Crippen LogP contribution is -2.58. The van der Waals surface area contributed by atoms with E-state index < -0.39 is 5.66 Å². The SMILES string of the molecule is NC1=NC2(CCSCC2)N(OCCCOc2ccccc2Br)C(N)=N1. The van der Waals surface area contributed by atoms with E-state index in [2.05, 4.69) is 25.9 Å². The van der Waals surface area contributed by atoms with Crippen LogP contribution >= 0.6 is 27.7 Å². The molecule has 2 aliphatic heterocycles. The van der Waals surface area contributed by atoms with Crippen LogP contribution in [0.1, 0.15) is 19.3 Å². The molecule has 0 amide bonds. The Kier molecular flexibility index (Phi) is 6.08. The third-order valence-corrected chi connectivity index (χ3v) is 5.68. The first-order valence-electron chi connectivity index (χ1n) is 8.18. The van der Waals surface area contributed by atoms with Gasteiger partial charge in [0.15, 0.2) is 5.66 Å². The number of nitrogens with two attached hydrogens (primary N) is 2. The minimum atomic E-state index is -0.523. The molecular formula is C16H22BrN5O2S. The van der Waals surface area contributed by atoms with Crippen LogP contribution in [0, 0.1) is 0 Å². The molecule has 0 atom stereocenters. The molecule has 1 aromatic carbocycles. The van der Waals surface area contributed by atoms with Gasteiger partial charge < -0.3 is 16.2 Å². The number of para-hydroxylation sites is 1. The van der Waals surface area contributed by atoms with E-state index in [-0.39, 0.29) is 11.9 Å². The van der Waals surface area contributed by atoms with Gasteiger partial charge in [-0.2, -0.15) is 21.8 Å². The van der Waals surface area contributed by atoms with Crippen LogP contribution < -0.4 is 16.2 Å². The zero-order valence-electron chi connectivity index (χ0n) is 13.9. The van der Waals surface area contributed by atoms with Gasteiger partial charge in [0, 0.05) is 19.3 Å². The van der Waals surface area contributed by atoms with Crippen LogP contribution in [0.3, 0.4) is 0 Å². The lowest BCUT2D eigenvalue weighted by atomic mass is 10.0. The van der Waals surface area contributed by atoms with Crippen molar-refractivity contribution >= 4 is 39.6 Å². The number of thioether (sulfide) groups is 1. The predicted octanol–water partition coefficient (Wildman–Crippen LogP) is 2.32. The summed E-state index contributed by atoms with van der Waals surface area (Å²) in [7, 11) is 0. The van der Waals surface area contributed by atoms with E-state index in [1.807, 2.05) is 36.0 Å². The highest BCUT2D eigenvalue weighted by atomic mass is 79.9. The van der Waals surface area contributed by atoms with Crippen LogP contribution in [0.15, 0.2) is 38.7 Å². The number of hydrogen-bond donors (Lipinski definition) is 2. The van der Waals surface area contributed by atoms with Crippen LogP contribution in [-0.2, 0) is 4.84 Å². The van der Waals surface area contributed by atoms with Gasteiger partial charge in [-0.1, -0.05) is 12.1 Å². The van der Waals surface area contributed by atoms with E-state index in [4.69, 9.17) is 21.0 Å². The summed E-state index contributed by atoms with van der Waals surface area (Å²) in [5.74, 6) is 3.30. The lowest BCUT2D eigenvalue weighted by Gasteiger charge is -2.43. The fraction of sp³-hybridized carbons (Fsp3) is 0.500. The molecule has 4 N–H and O–H groups in total. The molecule has 0 saturated carbocycles. The molecule has 2 aliphatic rings. The number of hydroxylamine groups is 2. The van der Waals surface area contributed by atoms with Crippen molar-refractivity contribution in [2.45, 2.75) is 24.9 Å². The third kappa shape index (κ3) is 4.39. The zero-order chi connectivity index (χ0) is 17.7. The van der Waals surface area contributed by atoms with Crippen LogP contribution in [0.4, 0.5) is 0 Å². The second-order valence-electron chi connectivity index (χ2n) is 5.79. The van der Waals surface area contributed by atoms with Gasteiger partial charge in [0.2, 0.25) is 11.9 Å². The van der Waals surface area contributed by atoms with Crippen molar-refractivity contribution in [3.63, 3.8) is 0 Å². The molecule has 2 heterocycles. The predicted molar refractivity (Wildman–Crippen MR) is 105 cm³/mol. The maximum Gasteiger partial charge on any atom is 0.226 e. The average molecular weight is 428 g/mol. The van der Waals surface area contributed by atoms with Crippen LogP contribution in [0.2, 0.25) is 0 Å². The number of rotatable bonds is 6. The van der Waals surface area contributed by atoms with E-state index in [0.717, 1.165) is 41.0 Å². The van der Waals surface area contributed by atoms with Gasteiger partial charge in [0.1, 0.15) is 5.75 Å². The van der Waals surface area contributed by atoms with E-state index in [0.29, 0.717) is 13.2 Å². The Morgan fingerprint density at radius 1 is 1.20 bits per heavy atom. The standard InChI is InChI=1S/C16H22BrN5O2S/c17-12-4-1-2-5-13(12)23-8-3-9-24-22-15(19)20-14(18)21-16(22)6-10-25-11-7-16/h1-2,4-5H,3,6-11H2,(H4,18,19,20,21). The normalized spacial score (nSPS) is 19.5. The van der Waals surface area contributed by atoms with Crippen molar-refractivity contribution in [1.29, 1.82) is 0 Å². The topological polar surface area (TPSA) is 98.5 Å². The molecule has 0 radical (unpaired) electrons. The molecule has 7 nitrogen and oxygen atoms in total. The monoisotopic (exact) mass is 427 g/mol. The summed E-state index contributed by atoms with van der Waals surface area (Å²) in [5.41, 5.74) is 11.3. The Bertz CT molecular complexity index is 664. The van der Waals surface area contributed by atoms with Gasteiger partial charge in [-0.05, 0) is 39.6 Å². The Morgan fingerprint density at radius 3 is 2.72 bits per heavy atom. The summed E-state index contributed by atoms with van der Waals surface area (Å²) in [6.07, 6.45) is 2.39. The number of ether oxygens (including phenoxy) is 1. The van der Waals surface area contributed by atoms with Gasteiger partial charge in [-0.25, -0.2) is 4.99 Å². The first-order chi connectivity index (χ1) is 12.1. The van der Waals surface area contributed by atoms with E-state index >= 15 is 0 Å². The average Bonchev–Trinajstić information content (AvgIpc) is 2.59. The molecule has 1 fully saturated rings. The maximum atomic E-state index is 6.05. The van der Waals surface area contributed by atoms with Crippen LogP contribution in [-0.4, -0.2) is 47.4 Å². The molecule has 0 bridgehead atoms. The van der Waals surface area contributed by atoms with Gasteiger partial charge in [-0.3, -0.25) is 4.84 Å². The van der Waals surface area contributed by atoms with Gasteiger partial charge in [0.25, 0.3) is 0 Å². The van der Waals surface area contributed by atoms with E-state index in [1.165, 1.54) is 0 Å². The highest BCUT2D eigenvalue weighted by Gasteiger charge is 2.43. The summed E-state index contributed by atoms with van der Waals surface area (Å²) in [6.45, 7) is 1.01. The largest absolute Gasteiger partial charge is 0.492 e. The minimum Gasteiger partial charge on any atom is -0.492 e. The van der Waals surface area contributed by atoms with Crippen molar-refractivity contribution < 1.29 is 9.57 Å². The minimum absolute atomic E-state index is 0.224. The molecule has 3 rings (SSSR count). The number of benzene rings is 1. The molecule has 1 aromatic rings. The molecule has 9 heteroatoms. The highest BCUT2D eigenvalue weighted by molar-refractivity contribution is 9.10. The molecule has 0 unspecified atom stereocenters. The molecule has 25 heavy (non-hydrogen) atoms. The Balaban J connectivity index is 1.52. The van der Waals surface area contributed by atoms with Crippen molar-refractivity contribution in [1.82, 2.24) is 5.06 Å². The summed E-state index contributed by atoms with van der Waals surface area (Å²) >= 11 is 5.36. The van der Waals surface area contributed by atoms with Crippen molar-refractivity contribution in [3.8, 4) is 5.75 Å². The molecule has 136 valence electrons. The Morgan fingerprint density at radius 2 is 1.96 bits per heavy atom. The molecule has 0 aromatic heterocycles. The third-order valence-electron chi connectivity index (χ3n) is 4.03. The number of halogens is 1. The second-order valence-corrected chi connectivity index (χ2v) is 7.87. The zero-order valence-corrected chi connectivity index (χ0v) is 16.3. The molecular weight excluding hydrogens is 406 g/mol. The van der Waals surface area contributed by atoms with Crippen molar-refractivity contribution in [2.75, 3.05) is 24.7 Å². The molecule has 1 spiro atoms. The number of nitrogens with zero attached hydrogens (tertiary/aromatic N) is 3. The van der Waals surface area contributed by atoms with E-state index in [1.54, 1.807) is 5.06 Å². The maximum absolute atomic E-state index is 6.05. The van der Waals surface area contributed by atoms with Crippen LogP contribution in [0.25, 0.3) is 0 Å². The summed E-state index contributed by atoms with van der Waals surface area (Å²) in [4.78, 5) is 14.5. The number of hydrogen-bond acceptors (Lipinski definition) is 8. The number of guanidine groups is 2. The highest BCUT2D eigenvalue weighted by Crippen LogP contribution is 2.35.